The number of para-hydroxylation sites is 1. The second-order valence-corrected chi connectivity index (χ2v) is 8.67. The lowest BCUT2D eigenvalue weighted by molar-refractivity contribution is -0.119. The van der Waals surface area contributed by atoms with Gasteiger partial charge in [-0.1, -0.05) is 41.9 Å². The van der Waals surface area contributed by atoms with E-state index in [2.05, 4.69) is 5.32 Å². The number of nitrogens with zero attached hydrogens (tertiary/aromatic N) is 1. The first-order chi connectivity index (χ1) is 13.3. The van der Waals surface area contributed by atoms with Crippen LogP contribution in [0.15, 0.2) is 59.5 Å². The van der Waals surface area contributed by atoms with Crippen LogP contribution in [0.3, 0.4) is 0 Å². The van der Waals surface area contributed by atoms with E-state index in [0.29, 0.717) is 19.6 Å². The Labute approximate surface area is 171 Å². The van der Waals surface area contributed by atoms with Crippen molar-refractivity contribution in [3.63, 3.8) is 0 Å². The molecular weight excluding hydrogens is 400 g/mol. The number of benzene rings is 2. The smallest absolute Gasteiger partial charge is 0.264 e. The van der Waals surface area contributed by atoms with Crippen molar-refractivity contribution in [2.75, 3.05) is 24.0 Å². The molecule has 1 amide bonds. The van der Waals surface area contributed by atoms with Crippen molar-refractivity contribution >= 4 is 33.2 Å². The van der Waals surface area contributed by atoms with E-state index in [1.54, 1.807) is 42.5 Å². The minimum atomic E-state index is -3.95. The number of carbonyl (C=O) groups is 1. The molecule has 2 aromatic rings. The van der Waals surface area contributed by atoms with Gasteiger partial charge in [-0.05, 0) is 44.5 Å². The van der Waals surface area contributed by atoms with Crippen LogP contribution in [0.4, 0.5) is 5.69 Å². The molecule has 0 bridgehead atoms. The Morgan fingerprint density at radius 2 is 1.75 bits per heavy atom. The maximum Gasteiger partial charge on any atom is 0.264 e. The molecule has 28 heavy (non-hydrogen) atoms. The molecule has 0 heterocycles. The highest BCUT2D eigenvalue weighted by Gasteiger charge is 2.28. The molecular formula is C20H25ClN2O4S. The highest BCUT2D eigenvalue weighted by atomic mass is 35.5. The second kappa shape index (κ2) is 10.5. The summed E-state index contributed by atoms with van der Waals surface area (Å²) in [5.41, 5.74) is 0.256. The summed E-state index contributed by atoms with van der Waals surface area (Å²) in [6.07, 6.45) is 0.768. The highest BCUT2D eigenvalue weighted by Crippen LogP contribution is 2.30. The fourth-order valence-electron chi connectivity index (χ4n) is 2.48. The normalized spacial score (nSPS) is 11.4. The number of ether oxygens (including phenoxy) is 1. The molecule has 6 nitrogen and oxygen atoms in total. The van der Waals surface area contributed by atoms with Gasteiger partial charge in [0.05, 0.1) is 21.7 Å². The number of hydrogen-bond donors (Lipinski definition) is 1. The van der Waals surface area contributed by atoms with Crippen LogP contribution in [-0.4, -0.2) is 40.1 Å². The predicted molar refractivity (Wildman–Crippen MR) is 111 cm³/mol. The summed E-state index contributed by atoms with van der Waals surface area (Å²) in [5.74, 6) is -0.413. The molecule has 1 N–H and O–H groups in total. The van der Waals surface area contributed by atoms with Gasteiger partial charge in [-0.25, -0.2) is 8.42 Å². The Morgan fingerprint density at radius 3 is 2.39 bits per heavy atom. The zero-order valence-electron chi connectivity index (χ0n) is 16.0. The van der Waals surface area contributed by atoms with E-state index in [-0.39, 0.29) is 28.3 Å². The summed E-state index contributed by atoms with van der Waals surface area (Å²) in [4.78, 5) is 12.5. The van der Waals surface area contributed by atoms with Crippen LogP contribution in [0.2, 0.25) is 5.02 Å². The minimum Gasteiger partial charge on any atom is -0.379 e. The van der Waals surface area contributed by atoms with E-state index in [4.69, 9.17) is 16.3 Å². The summed E-state index contributed by atoms with van der Waals surface area (Å²) in [7, 11) is -3.95. The SMILES string of the molecule is CC(C)OCCCNC(=O)CN(c1ccccc1Cl)S(=O)(=O)c1ccccc1. The van der Waals surface area contributed by atoms with Gasteiger partial charge in [0.2, 0.25) is 5.91 Å². The summed E-state index contributed by atoms with van der Waals surface area (Å²) in [6.45, 7) is 4.43. The Kier molecular flexibility index (Phi) is 8.29. The van der Waals surface area contributed by atoms with Crippen molar-refractivity contribution in [3.05, 3.63) is 59.6 Å². The van der Waals surface area contributed by atoms with Crippen LogP contribution in [0.25, 0.3) is 0 Å². The average molecular weight is 425 g/mol. The van der Waals surface area contributed by atoms with Gasteiger partial charge >= 0.3 is 0 Å². The Balaban J connectivity index is 2.16. The maximum atomic E-state index is 13.1. The van der Waals surface area contributed by atoms with Gasteiger partial charge in [0, 0.05) is 13.2 Å². The van der Waals surface area contributed by atoms with Gasteiger partial charge in [-0.3, -0.25) is 9.10 Å². The van der Waals surface area contributed by atoms with E-state index < -0.39 is 15.9 Å². The van der Waals surface area contributed by atoms with Crippen LogP contribution in [0.1, 0.15) is 20.3 Å². The molecule has 0 saturated heterocycles. The van der Waals surface area contributed by atoms with Gasteiger partial charge in [0.25, 0.3) is 10.0 Å². The lowest BCUT2D eigenvalue weighted by Crippen LogP contribution is -2.41. The van der Waals surface area contributed by atoms with Crippen LogP contribution in [0.5, 0.6) is 0 Å². The number of halogens is 1. The molecule has 0 aromatic heterocycles. The molecule has 0 spiro atoms. The van der Waals surface area contributed by atoms with Crippen LogP contribution in [-0.2, 0) is 19.6 Å². The quantitative estimate of drug-likeness (QED) is 0.592. The third-order valence-electron chi connectivity index (χ3n) is 3.83. The fraction of sp³-hybridized carbons (Fsp3) is 0.350. The Bertz CT molecular complexity index is 873. The molecule has 0 saturated carbocycles. The Morgan fingerprint density at radius 1 is 1.11 bits per heavy atom. The van der Waals surface area contributed by atoms with Crippen molar-refractivity contribution in [1.82, 2.24) is 5.32 Å². The lowest BCUT2D eigenvalue weighted by Gasteiger charge is -2.25. The number of rotatable bonds is 10. The van der Waals surface area contributed by atoms with Crippen molar-refractivity contribution in [3.8, 4) is 0 Å². The molecule has 152 valence electrons. The monoisotopic (exact) mass is 424 g/mol. The van der Waals surface area contributed by atoms with Gasteiger partial charge in [0.1, 0.15) is 6.54 Å². The summed E-state index contributed by atoms with van der Waals surface area (Å²) >= 11 is 6.22. The zero-order chi connectivity index (χ0) is 20.6. The molecule has 0 atom stereocenters. The fourth-order valence-corrected chi connectivity index (χ4v) is 4.23. The third-order valence-corrected chi connectivity index (χ3v) is 5.93. The average Bonchev–Trinajstić information content (AvgIpc) is 2.67. The van der Waals surface area contributed by atoms with E-state index in [0.717, 1.165) is 4.31 Å². The molecule has 0 unspecified atom stereocenters. The van der Waals surface area contributed by atoms with E-state index >= 15 is 0 Å². The molecule has 0 aliphatic carbocycles. The standard InChI is InChI=1S/C20H25ClN2O4S/c1-16(2)27-14-8-13-22-20(24)15-23(19-12-7-6-11-18(19)21)28(25,26)17-9-4-3-5-10-17/h3-7,9-12,16H,8,13-15H2,1-2H3,(H,22,24). The van der Waals surface area contributed by atoms with Crippen molar-refractivity contribution in [2.45, 2.75) is 31.3 Å². The number of sulfonamides is 1. The van der Waals surface area contributed by atoms with Gasteiger partial charge in [0.15, 0.2) is 0 Å². The predicted octanol–water partition coefficient (Wildman–Crippen LogP) is 3.47. The first-order valence-electron chi connectivity index (χ1n) is 9.03. The Hall–Kier alpha value is -2.09. The molecule has 0 aliphatic heterocycles. The number of hydrogen-bond acceptors (Lipinski definition) is 4. The topological polar surface area (TPSA) is 75.7 Å². The summed E-state index contributed by atoms with van der Waals surface area (Å²) in [5, 5.41) is 2.98. The molecule has 0 radical (unpaired) electrons. The minimum absolute atomic E-state index is 0.0908. The molecule has 8 heteroatoms. The molecule has 0 fully saturated rings. The molecule has 2 aromatic carbocycles. The number of anilines is 1. The lowest BCUT2D eigenvalue weighted by atomic mass is 10.3. The van der Waals surface area contributed by atoms with Crippen molar-refractivity contribution < 1.29 is 17.9 Å². The second-order valence-electron chi connectivity index (χ2n) is 6.40. The largest absolute Gasteiger partial charge is 0.379 e. The molecule has 2 rings (SSSR count). The van der Waals surface area contributed by atoms with Gasteiger partial charge < -0.3 is 10.1 Å². The van der Waals surface area contributed by atoms with Crippen molar-refractivity contribution in [2.24, 2.45) is 0 Å². The summed E-state index contributed by atoms with van der Waals surface area (Å²) < 4.78 is 32.7. The third kappa shape index (κ3) is 6.22. The van der Waals surface area contributed by atoms with Gasteiger partial charge in [-0.15, -0.1) is 0 Å². The first-order valence-corrected chi connectivity index (χ1v) is 10.8. The van der Waals surface area contributed by atoms with Gasteiger partial charge in [-0.2, -0.15) is 0 Å². The van der Waals surface area contributed by atoms with Crippen molar-refractivity contribution in [1.29, 1.82) is 0 Å². The molecule has 0 aliphatic rings. The first kappa shape index (κ1) is 22.2. The number of nitrogens with one attached hydrogen (secondary N) is 1. The maximum absolute atomic E-state index is 13.1. The highest BCUT2D eigenvalue weighted by molar-refractivity contribution is 7.92. The number of carbonyl (C=O) groups excluding carboxylic acids is 1. The zero-order valence-corrected chi connectivity index (χ0v) is 17.5. The van der Waals surface area contributed by atoms with Crippen LogP contribution in [0, 0.1) is 0 Å². The van der Waals surface area contributed by atoms with E-state index in [1.807, 2.05) is 13.8 Å². The van der Waals surface area contributed by atoms with E-state index in [1.165, 1.54) is 12.1 Å². The summed E-state index contributed by atoms with van der Waals surface area (Å²) in [6, 6.07) is 14.5. The number of amides is 1. The van der Waals surface area contributed by atoms with Crippen LogP contribution < -0.4 is 9.62 Å². The van der Waals surface area contributed by atoms with E-state index in [9.17, 15) is 13.2 Å². The van der Waals surface area contributed by atoms with Crippen LogP contribution >= 0.6 is 11.6 Å².